The molecule has 0 aliphatic carbocycles. The maximum atomic E-state index is 14.8. The molecule has 4 nitrogen and oxygen atoms in total. The Hall–Kier alpha value is -2.24. The number of ether oxygens (including phenoxy) is 3. The highest BCUT2D eigenvalue weighted by Gasteiger charge is 2.26. The monoisotopic (exact) mass is 498 g/mol. The molecule has 0 saturated carbocycles. The average Bonchev–Trinajstić information content (AvgIpc) is 2.90. The number of benzene rings is 2. The first-order valence-corrected chi connectivity index (χ1v) is 13.9. The molecule has 0 aromatic heterocycles. The molecule has 0 unspecified atom stereocenters. The molecule has 0 amide bonds. The van der Waals surface area contributed by atoms with Crippen LogP contribution in [-0.2, 0) is 15.9 Å². The van der Waals surface area contributed by atoms with E-state index in [0.717, 1.165) is 19.3 Å². The molecule has 3 rings (SSSR count). The van der Waals surface area contributed by atoms with Crippen LogP contribution in [0.4, 0.5) is 4.39 Å². The second-order valence-corrected chi connectivity index (χ2v) is 10.0. The number of carbonyl (C=O) groups excluding carboxylic acids is 1. The Morgan fingerprint density at radius 3 is 2.17 bits per heavy atom. The molecule has 2 aromatic rings. The Bertz CT molecular complexity index is 903. The number of aryl methyl sites for hydroxylation is 1. The highest BCUT2D eigenvalue weighted by molar-refractivity contribution is 5.91. The van der Waals surface area contributed by atoms with Gasteiger partial charge >= 0.3 is 5.97 Å². The standard InChI is InChI=1S/C31H43FO4/c1-3-5-7-9-10-12-14-25-22-34-31(35-23-25)28-20-17-26(21-29(28)32)30(33)36-27-18-15-24(16-19-27)13-11-8-6-4-2/h15-21,25,31H,3-14,22-23H2,1-2H3. The molecule has 1 aliphatic heterocycles. The van der Waals surface area contributed by atoms with Crippen LogP contribution in [0.25, 0.3) is 0 Å². The lowest BCUT2D eigenvalue weighted by Gasteiger charge is -2.30. The minimum absolute atomic E-state index is 0.164. The lowest BCUT2D eigenvalue weighted by molar-refractivity contribution is -0.207. The summed E-state index contributed by atoms with van der Waals surface area (Å²) >= 11 is 0. The number of halogens is 1. The van der Waals surface area contributed by atoms with Crippen LogP contribution in [0.2, 0.25) is 0 Å². The minimum Gasteiger partial charge on any atom is -0.423 e. The van der Waals surface area contributed by atoms with E-state index in [-0.39, 0.29) is 5.56 Å². The molecule has 36 heavy (non-hydrogen) atoms. The lowest BCUT2D eigenvalue weighted by Crippen LogP contribution is -2.27. The van der Waals surface area contributed by atoms with E-state index in [4.69, 9.17) is 14.2 Å². The largest absolute Gasteiger partial charge is 0.423 e. The predicted molar refractivity (Wildman–Crippen MR) is 142 cm³/mol. The van der Waals surface area contributed by atoms with Gasteiger partial charge in [-0.1, -0.05) is 89.8 Å². The van der Waals surface area contributed by atoms with Crippen LogP contribution in [0.3, 0.4) is 0 Å². The summed E-state index contributed by atoms with van der Waals surface area (Å²) in [5.74, 6) is -0.295. The predicted octanol–water partition coefficient (Wildman–Crippen LogP) is 8.58. The minimum atomic E-state index is -0.735. The third-order valence-corrected chi connectivity index (χ3v) is 6.88. The molecule has 0 atom stereocenters. The number of hydrogen-bond donors (Lipinski definition) is 0. The highest BCUT2D eigenvalue weighted by atomic mass is 19.1. The van der Waals surface area contributed by atoms with Gasteiger partial charge in [-0.2, -0.15) is 0 Å². The van der Waals surface area contributed by atoms with Crippen molar-refractivity contribution in [1.29, 1.82) is 0 Å². The average molecular weight is 499 g/mol. The van der Waals surface area contributed by atoms with Crippen LogP contribution >= 0.6 is 0 Å². The van der Waals surface area contributed by atoms with Crippen LogP contribution in [0, 0.1) is 11.7 Å². The molecular weight excluding hydrogens is 455 g/mol. The van der Waals surface area contributed by atoms with E-state index in [1.807, 2.05) is 12.1 Å². The zero-order valence-corrected chi connectivity index (χ0v) is 22.1. The second-order valence-electron chi connectivity index (χ2n) is 10.0. The van der Waals surface area contributed by atoms with Gasteiger partial charge in [-0.15, -0.1) is 0 Å². The van der Waals surface area contributed by atoms with Crippen molar-refractivity contribution in [3.8, 4) is 5.75 Å². The normalized spacial score (nSPS) is 17.8. The van der Waals surface area contributed by atoms with Gasteiger partial charge in [-0.05, 0) is 49.1 Å². The van der Waals surface area contributed by atoms with Gasteiger partial charge in [-0.25, -0.2) is 9.18 Å². The Morgan fingerprint density at radius 1 is 0.861 bits per heavy atom. The fourth-order valence-electron chi connectivity index (χ4n) is 4.59. The summed E-state index contributed by atoms with van der Waals surface area (Å²) in [6.07, 6.45) is 13.8. The molecule has 1 fully saturated rings. The zero-order chi connectivity index (χ0) is 25.6. The summed E-state index contributed by atoms with van der Waals surface area (Å²) in [7, 11) is 0. The van der Waals surface area contributed by atoms with Gasteiger partial charge in [-0.3, -0.25) is 0 Å². The summed E-state index contributed by atoms with van der Waals surface area (Å²) < 4.78 is 31.9. The third kappa shape index (κ3) is 9.33. The fourth-order valence-corrected chi connectivity index (χ4v) is 4.59. The van der Waals surface area contributed by atoms with E-state index >= 15 is 0 Å². The number of unbranched alkanes of at least 4 members (excludes halogenated alkanes) is 8. The summed E-state index contributed by atoms with van der Waals surface area (Å²) in [6, 6.07) is 11.9. The van der Waals surface area contributed by atoms with Crippen molar-refractivity contribution in [2.45, 2.75) is 97.2 Å². The van der Waals surface area contributed by atoms with Gasteiger partial charge in [0.05, 0.1) is 18.8 Å². The maximum Gasteiger partial charge on any atom is 0.343 e. The van der Waals surface area contributed by atoms with Gasteiger partial charge < -0.3 is 14.2 Å². The first kappa shape index (κ1) is 28.3. The van der Waals surface area contributed by atoms with E-state index < -0.39 is 18.1 Å². The summed E-state index contributed by atoms with van der Waals surface area (Å²) in [4.78, 5) is 12.6. The molecule has 1 heterocycles. The van der Waals surface area contributed by atoms with E-state index in [9.17, 15) is 9.18 Å². The van der Waals surface area contributed by atoms with Crippen LogP contribution < -0.4 is 4.74 Å². The molecule has 0 spiro atoms. The lowest BCUT2D eigenvalue weighted by atomic mass is 10.0. The first-order chi connectivity index (χ1) is 17.6. The second kappa shape index (κ2) is 15.8. The van der Waals surface area contributed by atoms with Crippen molar-refractivity contribution in [1.82, 2.24) is 0 Å². The molecule has 0 bridgehead atoms. The van der Waals surface area contributed by atoms with E-state index in [0.29, 0.717) is 30.4 Å². The molecule has 2 aromatic carbocycles. The SMILES string of the molecule is CCCCCCCCC1COC(c2ccc(C(=O)Oc3ccc(CCCCCC)cc3)cc2F)OC1. The Balaban J connectivity index is 1.43. The molecule has 1 aliphatic rings. The fraction of sp³-hybridized carbons (Fsp3) is 0.581. The van der Waals surface area contributed by atoms with E-state index in [1.54, 1.807) is 24.3 Å². The van der Waals surface area contributed by atoms with Crippen LogP contribution in [0.1, 0.15) is 112 Å². The van der Waals surface area contributed by atoms with Crippen LogP contribution in [-0.4, -0.2) is 19.2 Å². The number of rotatable bonds is 15. The quantitative estimate of drug-likeness (QED) is 0.140. The zero-order valence-electron chi connectivity index (χ0n) is 22.1. The summed E-state index contributed by atoms with van der Waals surface area (Å²) in [5.41, 5.74) is 1.71. The number of carbonyl (C=O) groups is 1. The topological polar surface area (TPSA) is 44.8 Å². The Kier molecular flexibility index (Phi) is 12.4. The van der Waals surface area contributed by atoms with Gasteiger partial charge in [0.1, 0.15) is 11.6 Å². The van der Waals surface area contributed by atoms with Gasteiger partial charge in [0.15, 0.2) is 6.29 Å². The maximum absolute atomic E-state index is 14.8. The summed E-state index contributed by atoms with van der Waals surface area (Å²) in [6.45, 7) is 5.56. The van der Waals surface area contributed by atoms with Crippen molar-refractivity contribution in [3.05, 3.63) is 65.0 Å². The van der Waals surface area contributed by atoms with Crippen LogP contribution in [0.15, 0.2) is 42.5 Å². The van der Waals surface area contributed by atoms with E-state index in [1.165, 1.54) is 69.4 Å². The van der Waals surface area contributed by atoms with Crippen LogP contribution in [0.5, 0.6) is 5.75 Å². The highest BCUT2D eigenvalue weighted by Crippen LogP contribution is 2.29. The third-order valence-electron chi connectivity index (χ3n) is 6.88. The molecule has 1 saturated heterocycles. The van der Waals surface area contributed by atoms with Crippen molar-refractivity contribution in [2.24, 2.45) is 5.92 Å². The Labute approximate surface area is 216 Å². The molecular formula is C31H43FO4. The molecule has 5 heteroatoms. The van der Waals surface area contributed by atoms with Gasteiger partial charge in [0.25, 0.3) is 0 Å². The van der Waals surface area contributed by atoms with Crippen molar-refractivity contribution < 1.29 is 23.4 Å². The van der Waals surface area contributed by atoms with Crippen molar-refractivity contribution in [2.75, 3.05) is 13.2 Å². The van der Waals surface area contributed by atoms with Gasteiger partial charge in [0.2, 0.25) is 0 Å². The number of hydrogen-bond acceptors (Lipinski definition) is 4. The Morgan fingerprint density at radius 2 is 1.50 bits per heavy atom. The smallest absolute Gasteiger partial charge is 0.343 e. The van der Waals surface area contributed by atoms with Crippen molar-refractivity contribution in [3.63, 3.8) is 0 Å². The molecule has 0 radical (unpaired) electrons. The van der Waals surface area contributed by atoms with E-state index in [2.05, 4.69) is 13.8 Å². The summed E-state index contributed by atoms with van der Waals surface area (Å²) in [5, 5.41) is 0. The first-order valence-electron chi connectivity index (χ1n) is 13.9. The number of esters is 1. The van der Waals surface area contributed by atoms with Gasteiger partial charge in [0, 0.05) is 11.5 Å². The van der Waals surface area contributed by atoms with Crippen molar-refractivity contribution >= 4 is 5.97 Å². The molecule has 0 N–H and O–H groups in total. The molecule has 198 valence electrons.